The Balaban J connectivity index is 1.92. The lowest BCUT2D eigenvalue weighted by Crippen LogP contribution is -2.33. The highest BCUT2D eigenvalue weighted by Gasteiger charge is 2.40. The monoisotopic (exact) mass is 280 g/mol. The lowest BCUT2D eigenvalue weighted by atomic mass is 9.80. The summed E-state index contributed by atoms with van der Waals surface area (Å²) in [7, 11) is 1.84. The van der Waals surface area contributed by atoms with Gasteiger partial charge in [0.1, 0.15) is 10.6 Å². The van der Waals surface area contributed by atoms with Gasteiger partial charge in [0.05, 0.1) is 5.69 Å². The van der Waals surface area contributed by atoms with Crippen LogP contribution in [0.3, 0.4) is 0 Å². The van der Waals surface area contributed by atoms with Crippen molar-refractivity contribution in [2.75, 3.05) is 7.11 Å². The van der Waals surface area contributed by atoms with Crippen molar-refractivity contribution in [1.29, 1.82) is 0 Å². The second-order valence-electron chi connectivity index (χ2n) is 6.21. The summed E-state index contributed by atoms with van der Waals surface area (Å²) in [5.41, 5.74) is 7.34. The maximum atomic E-state index is 6.23. The van der Waals surface area contributed by atoms with Crippen molar-refractivity contribution < 1.29 is 4.74 Å². The Hall–Kier alpha value is -0.450. The molecule has 1 heterocycles. The largest absolute Gasteiger partial charge is 0.371 e. The zero-order chi connectivity index (χ0) is 13.5. The molecule has 0 saturated heterocycles. The molecule has 0 bridgehead atoms. The van der Waals surface area contributed by atoms with Crippen LogP contribution >= 0.6 is 11.3 Å². The molecule has 1 aromatic rings. The molecule has 1 unspecified atom stereocenters. The van der Waals surface area contributed by atoms with Gasteiger partial charge in [-0.05, 0) is 50.9 Å². The van der Waals surface area contributed by atoms with Crippen LogP contribution in [-0.4, -0.2) is 12.1 Å². The van der Waals surface area contributed by atoms with Gasteiger partial charge in [0.2, 0.25) is 0 Å². The summed E-state index contributed by atoms with van der Waals surface area (Å²) in [5, 5.41) is 1.18. The molecule has 106 valence electrons. The van der Waals surface area contributed by atoms with Crippen LogP contribution in [0.5, 0.6) is 0 Å². The number of aromatic nitrogens is 1. The van der Waals surface area contributed by atoms with Crippen LogP contribution in [0.1, 0.15) is 67.1 Å². The quantitative estimate of drug-likeness (QED) is 0.901. The molecule has 1 aromatic heterocycles. The molecule has 3 rings (SSSR count). The highest BCUT2D eigenvalue weighted by molar-refractivity contribution is 7.12. The van der Waals surface area contributed by atoms with E-state index in [4.69, 9.17) is 15.5 Å². The van der Waals surface area contributed by atoms with E-state index in [1.54, 1.807) is 0 Å². The highest BCUT2D eigenvalue weighted by Crippen LogP contribution is 2.45. The first-order valence-electron chi connectivity index (χ1n) is 7.45. The molecular weight excluding hydrogens is 256 g/mol. The Labute approximate surface area is 119 Å². The smallest absolute Gasteiger partial charge is 0.125 e. The molecule has 0 aliphatic heterocycles. The lowest BCUT2D eigenvalue weighted by Gasteiger charge is -2.36. The normalized spacial score (nSPS) is 35.1. The summed E-state index contributed by atoms with van der Waals surface area (Å²) in [4.78, 5) is 6.22. The number of rotatable bonds is 2. The maximum Gasteiger partial charge on any atom is 0.125 e. The predicted molar refractivity (Wildman–Crippen MR) is 78.3 cm³/mol. The molecule has 2 aliphatic carbocycles. The average Bonchev–Trinajstić information content (AvgIpc) is 2.86. The van der Waals surface area contributed by atoms with Gasteiger partial charge in [-0.25, -0.2) is 4.98 Å². The van der Waals surface area contributed by atoms with Crippen molar-refractivity contribution in [3.05, 3.63) is 15.6 Å². The average molecular weight is 280 g/mol. The van der Waals surface area contributed by atoms with E-state index in [1.165, 1.54) is 34.8 Å². The van der Waals surface area contributed by atoms with Crippen LogP contribution in [-0.2, 0) is 16.8 Å². The molecular formula is C15H24N2OS. The van der Waals surface area contributed by atoms with E-state index in [9.17, 15) is 0 Å². The van der Waals surface area contributed by atoms with E-state index in [2.05, 4.69) is 6.92 Å². The first-order valence-corrected chi connectivity index (χ1v) is 8.27. The van der Waals surface area contributed by atoms with Gasteiger partial charge in [-0.3, -0.25) is 0 Å². The molecule has 2 aliphatic rings. The maximum absolute atomic E-state index is 6.23. The molecule has 0 radical (unpaired) electrons. The minimum atomic E-state index is -0.131. The minimum absolute atomic E-state index is 0.131. The number of nitrogens with two attached hydrogens (primary N) is 1. The molecule has 1 fully saturated rings. The topological polar surface area (TPSA) is 48.1 Å². The van der Waals surface area contributed by atoms with Crippen LogP contribution in [0.2, 0.25) is 0 Å². The summed E-state index contributed by atoms with van der Waals surface area (Å²) in [6, 6.07) is 0.200. The Morgan fingerprint density at radius 2 is 2.05 bits per heavy atom. The molecule has 1 atom stereocenters. The predicted octanol–water partition coefficient (Wildman–Crippen LogP) is 3.53. The number of ether oxygens (including phenoxy) is 1. The van der Waals surface area contributed by atoms with E-state index in [-0.39, 0.29) is 11.6 Å². The summed E-state index contributed by atoms with van der Waals surface area (Å²) < 4.78 is 5.93. The third-order valence-corrected chi connectivity index (χ3v) is 6.27. The van der Waals surface area contributed by atoms with Crippen LogP contribution in [0.15, 0.2) is 0 Å². The highest BCUT2D eigenvalue weighted by atomic mass is 32.1. The van der Waals surface area contributed by atoms with Crippen LogP contribution in [0.4, 0.5) is 0 Å². The van der Waals surface area contributed by atoms with E-state index >= 15 is 0 Å². The Kier molecular flexibility index (Phi) is 3.67. The van der Waals surface area contributed by atoms with E-state index < -0.39 is 0 Å². The van der Waals surface area contributed by atoms with Crippen molar-refractivity contribution in [3.63, 3.8) is 0 Å². The zero-order valence-corrected chi connectivity index (χ0v) is 12.8. The number of fused-ring (bicyclic) bond motifs is 1. The molecule has 19 heavy (non-hydrogen) atoms. The van der Waals surface area contributed by atoms with E-state index in [1.807, 2.05) is 18.4 Å². The van der Waals surface area contributed by atoms with Crippen LogP contribution in [0.25, 0.3) is 0 Å². The molecule has 2 N–H and O–H groups in total. The Bertz CT molecular complexity index is 449. The zero-order valence-electron chi connectivity index (χ0n) is 11.9. The summed E-state index contributed by atoms with van der Waals surface area (Å²) in [6.45, 7) is 2.34. The second-order valence-corrected chi connectivity index (χ2v) is 7.24. The number of hydrogen-bond donors (Lipinski definition) is 1. The Morgan fingerprint density at radius 3 is 2.68 bits per heavy atom. The fraction of sp³-hybridized carbons (Fsp3) is 0.800. The fourth-order valence-electron chi connectivity index (χ4n) is 3.38. The summed E-state index contributed by atoms with van der Waals surface area (Å²) in [5.74, 6) is 0.820. The number of methoxy groups -OCH3 is 1. The third kappa shape index (κ3) is 2.34. The lowest BCUT2D eigenvalue weighted by molar-refractivity contribution is -0.0531. The molecule has 4 heteroatoms. The number of hydrogen-bond acceptors (Lipinski definition) is 4. The standard InChI is InChI=1S/C15H24N2OS/c1-10-6-8-15(18-2,9-7-10)14-17-12-5-3-4-11(16)13(12)19-14/h10-11H,3-9,16H2,1-2H3. The SMILES string of the molecule is COC1(c2nc3c(s2)C(N)CCC3)CCC(C)CC1. The number of nitrogens with zero attached hydrogens (tertiary/aromatic N) is 1. The first kappa shape index (κ1) is 13.5. The van der Waals surface area contributed by atoms with E-state index in [0.29, 0.717) is 0 Å². The molecule has 1 saturated carbocycles. The van der Waals surface area contributed by atoms with E-state index in [0.717, 1.165) is 31.6 Å². The van der Waals surface area contributed by atoms with Gasteiger partial charge in [0.15, 0.2) is 0 Å². The molecule has 0 aromatic carbocycles. The molecule has 0 spiro atoms. The van der Waals surface area contributed by atoms with Gasteiger partial charge >= 0.3 is 0 Å². The third-order valence-electron chi connectivity index (χ3n) is 4.86. The van der Waals surface area contributed by atoms with Gasteiger partial charge in [0, 0.05) is 18.0 Å². The van der Waals surface area contributed by atoms with Gasteiger partial charge in [-0.1, -0.05) is 6.92 Å². The second kappa shape index (κ2) is 5.15. The van der Waals surface area contributed by atoms with Crippen LogP contribution in [0, 0.1) is 5.92 Å². The summed E-state index contributed by atoms with van der Waals surface area (Å²) in [6.07, 6.45) is 8.06. The summed E-state index contributed by atoms with van der Waals surface area (Å²) >= 11 is 1.81. The molecule has 0 amide bonds. The van der Waals surface area contributed by atoms with Crippen molar-refractivity contribution in [3.8, 4) is 0 Å². The number of thiazole rings is 1. The van der Waals surface area contributed by atoms with Crippen molar-refractivity contribution >= 4 is 11.3 Å². The van der Waals surface area contributed by atoms with Crippen molar-refractivity contribution in [2.45, 2.75) is 63.5 Å². The number of aryl methyl sites for hydroxylation is 1. The molecule has 3 nitrogen and oxygen atoms in total. The van der Waals surface area contributed by atoms with Gasteiger partial charge in [-0.2, -0.15) is 0 Å². The van der Waals surface area contributed by atoms with Crippen LogP contribution < -0.4 is 5.73 Å². The minimum Gasteiger partial charge on any atom is -0.371 e. The first-order chi connectivity index (χ1) is 9.14. The van der Waals surface area contributed by atoms with Crippen molar-refractivity contribution in [1.82, 2.24) is 4.98 Å². The van der Waals surface area contributed by atoms with Crippen molar-refractivity contribution in [2.24, 2.45) is 11.7 Å². The van der Waals surface area contributed by atoms with Gasteiger partial charge in [0.25, 0.3) is 0 Å². The van der Waals surface area contributed by atoms with Gasteiger partial charge < -0.3 is 10.5 Å². The van der Waals surface area contributed by atoms with Gasteiger partial charge in [-0.15, -0.1) is 11.3 Å². The Morgan fingerprint density at radius 1 is 1.32 bits per heavy atom. The fourth-order valence-corrected chi connectivity index (χ4v) is 4.75.